The Bertz CT molecular complexity index is 734. The first-order valence-electron chi connectivity index (χ1n) is 8.17. The highest BCUT2D eigenvalue weighted by atomic mass is 16.5. The summed E-state index contributed by atoms with van der Waals surface area (Å²) in [5, 5.41) is 4.25. The monoisotopic (exact) mass is 312 g/mol. The van der Waals surface area contributed by atoms with Gasteiger partial charge in [-0.15, -0.1) is 0 Å². The molecule has 5 nitrogen and oxygen atoms in total. The van der Waals surface area contributed by atoms with Crippen molar-refractivity contribution in [2.45, 2.75) is 32.2 Å². The van der Waals surface area contributed by atoms with Crippen molar-refractivity contribution in [3.05, 3.63) is 35.6 Å². The number of hydrogen-bond acceptors (Lipinski definition) is 4. The quantitative estimate of drug-likeness (QED) is 0.874. The number of amides is 1. The van der Waals surface area contributed by atoms with Crippen molar-refractivity contribution in [2.24, 2.45) is 5.92 Å². The molecule has 2 aromatic rings. The van der Waals surface area contributed by atoms with Crippen molar-refractivity contribution >= 4 is 5.91 Å². The van der Waals surface area contributed by atoms with E-state index in [9.17, 15) is 4.79 Å². The fourth-order valence-corrected chi connectivity index (χ4v) is 3.31. The van der Waals surface area contributed by atoms with Crippen molar-refractivity contribution < 1.29 is 14.1 Å². The summed E-state index contributed by atoms with van der Waals surface area (Å²) in [6.45, 7) is 1.33. The van der Waals surface area contributed by atoms with E-state index in [2.05, 4.69) is 5.16 Å². The second-order valence-electron chi connectivity index (χ2n) is 6.30. The van der Waals surface area contributed by atoms with Gasteiger partial charge in [0.25, 0.3) is 0 Å². The summed E-state index contributed by atoms with van der Waals surface area (Å²) in [5.41, 5.74) is 2.83. The van der Waals surface area contributed by atoms with Gasteiger partial charge in [0.2, 0.25) is 5.91 Å². The van der Waals surface area contributed by atoms with Gasteiger partial charge in [-0.2, -0.15) is 0 Å². The third-order valence-corrected chi connectivity index (χ3v) is 4.94. The summed E-state index contributed by atoms with van der Waals surface area (Å²) >= 11 is 0. The third kappa shape index (κ3) is 2.50. The van der Waals surface area contributed by atoms with Gasteiger partial charge in [-0.05, 0) is 25.0 Å². The van der Waals surface area contributed by atoms with E-state index in [4.69, 9.17) is 9.26 Å². The van der Waals surface area contributed by atoms with Gasteiger partial charge < -0.3 is 14.2 Å². The van der Waals surface area contributed by atoms with Crippen LogP contribution in [0.15, 0.2) is 28.8 Å². The van der Waals surface area contributed by atoms with Gasteiger partial charge in [-0.3, -0.25) is 4.79 Å². The van der Waals surface area contributed by atoms with Gasteiger partial charge >= 0.3 is 0 Å². The Morgan fingerprint density at radius 2 is 2.26 bits per heavy atom. The maximum Gasteiger partial charge on any atom is 0.225 e. The molecule has 1 aromatic carbocycles. The second kappa shape index (κ2) is 5.72. The first-order valence-corrected chi connectivity index (χ1v) is 8.17. The molecule has 0 unspecified atom stereocenters. The van der Waals surface area contributed by atoms with Crippen LogP contribution in [0.3, 0.4) is 0 Å². The Morgan fingerprint density at radius 1 is 1.39 bits per heavy atom. The van der Waals surface area contributed by atoms with Crippen LogP contribution >= 0.6 is 0 Å². The van der Waals surface area contributed by atoms with Crippen LogP contribution in [0.25, 0.3) is 11.3 Å². The lowest BCUT2D eigenvalue weighted by Crippen LogP contribution is -2.41. The van der Waals surface area contributed by atoms with E-state index in [-0.39, 0.29) is 5.92 Å². The molecule has 0 saturated heterocycles. The van der Waals surface area contributed by atoms with Crippen molar-refractivity contribution in [3.8, 4) is 17.0 Å². The molecule has 23 heavy (non-hydrogen) atoms. The molecule has 0 spiro atoms. The predicted molar refractivity (Wildman–Crippen MR) is 85.0 cm³/mol. The molecule has 0 radical (unpaired) electrons. The molecule has 0 bridgehead atoms. The molecular weight excluding hydrogens is 292 g/mol. The van der Waals surface area contributed by atoms with E-state index in [0.717, 1.165) is 54.1 Å². The first kappa shape index (κ1) is 14.3. The van der Waals surface area contributed by atoms with E-state index in [0.29, 0.717) is 12.5 Å². The highest BCUT2D eigenvalue weighted by Gasteiger charge is 2.33. The predicted octanol–water partition coefficient (Wildman–Crippen LogP) is 3.04. The standard InChI is InChI=1S/C18H20N2O3/c1-22-14-7-3-6-13(10-14)17-15-11-20(9-8-16(15)23-19-17)18(21)12-4-2-5-12/h3,6-7,10,12H,2,4-5,8-9,11H2,1H3. The molecule has 5 heteroatoms. The minimum atomic E-state index is 0.233. The average molecular weight is 312 g/mol. The lowest BCUT2D eigenvalue weighted by atomic mass is 9.84. The number of fused-ring (bicyclic) bond motifs is 1. The van der Waals surface area contributed by atoms with E-state index in [1.165, 1.54) is 6.42 Å². The molecule has 1 aliphatic heterocycles. The van der Waals surface area contributed by atoms with E-state index in [1.54, 1.807) is 7.11 Å². The molecule has 0 N–H and O–H groups in total. The van der Waals surface area contributed by atoms with Gasteiger partial charge in [0.05, 0.1) is 13.7 Å². The summed E-state index contributed by atoms with van der Waals surface area (Å²) in [7, 11) is 1.65. The van der Waals surface area contributed by atoms with Crippen LogP contribution in [-0.2, 0) is 17.8 Å². The van der Waals surface area contributed by atoms with E-state index >= 15 is 0 Å². The molecule has 1 fully saturated rings. The van der Waals surface area contributed by atoms with Crippen LogP contribution in [0.4, 0.5) is 0 Å². The van der Waals surface area contributed by atoms with E-state index in [1.807, 2.05) is 29.2 Å². The van der Waals surface area contributed by atoms with Crippen LogP contribution in [-0.4, -0.2) is 29.6 Å². The van der Waals surface area contributed by atoms with Crippen LogP contribution in [0.2, 0.25) is 0 Å². The fraction of sp³-hybridized carbons (Fsp3) is 0.444. The van der Waals surface area contributed by atoms with Gasteiger partial charge in [-0.1, -0.05) is 23.7 Å². The van der Waals surface area contributed by atoms with Crippen molar-refractivity contribution in [1.82, 2.24) is 10.1 Å². The lowest BCUT2D eigenvalue weighted by Gasteiger charge is -2.33. The van der Waals surface area contributed by atoms with Gasteiger partial charge in [0.1, 0.15) is 17.2 Å². The minimum Gasteiger partial charge on any atom is -0.497 e. The molecule has 1 amide bonds. The number of methoxy groups -OCH3 is 1. The largest absolute Gasteiger partial charge is 0.497 e. The second-order valence-corrected chi connectivity index (χ2v) is 6.30. The number of rotatable bonds is 3. The topological polar surface area (TPSA) is 55.6 Å². The molecule has 1 saturated carbocycles. The van der Waals surface area contributed by atoms with E-state index < -0.39 is 0 Å². The molecule has 2 aliphatic rings. The number of benzene rings is 1. The summed E-state index contributed by atoms with van der Waals surface area (Å²) in [6, 6.07) is 7.79. The van der Waals surface area contributed by atoms with Crippen molar-refractivity contribution in [3.63, 3.8) is 0 Å². The molecule has 4 rings (SSSR count). The maximum absolute atomic E-state index is 12.5. The smallest absolute Gasteiger partial charge is 0.225 e. The summed E-state index contributed by atoms with van der Waals surface area (Å²) in [4.78, 5) is 14.5. The summed E-state index contributed by atoms with van der Waals surface area (Å²) < 4.78 is 10.8. The Morgan fingerprint density at radius 3 is 3.00 bits per heavy atom. The molecule has 1 aliphatic carbocycles. The van der Waals surface area contributed by atoms with Crippen LogP contribution < -0.4 is 4.74 Å². The Labute approximate surface area is 135 Å². The van der Waals surface area contributed by atoms with Gasteiger partial charge in [0.15, 0.2) is 0 Å². The normalized spacial score (nSPS) is 17.5. The minimum absolute atomic E-state index is 0.233. The molecule has 120 valence electrons. The maximum atomic E-state index is 12.5. The highest BCUT2D eigenvalue weighted by molar-refractivity contribution is 5.80. The molecular formula is C18H20N2O3. The van der Waals surface area contributed by atoms with Gasteiger partial charge in [-0.25, -0.2) is 0 Å². The number of nitrogens with zero attached hydrogens (tertiary/aromatic N) is 2. The van der Waals surface area contributed by atoms with Crippen LogP contribution in [0.1, 0.15) is 30.6 Å². The highest BCUT2D eigenvalue weighted by Crippen LogP contribution is 2.34. The SMILES string of the molecule is COc1cccc(-c2noc3c2CN(C(=O)C2CCC2)CC3)c1. The average Bonchev–Trinajstić information content (AvgIpc) is 2.96. The Balaban J connectivity index is 1.62. The van der Waals surface area contributed by atoms with Crippen LogP contribution in [0, 0.1) is 5.92 Å². The van der Waals surface area contributed by atoms with Gasteiger partial charge in [0, 0.05) is 30.0 Å². The number of carbonyl (C=O) groups excluding carboxylic acids is 1. The third-order valence-electron chi connectivity index (χ3n) is 4.94. The zero-order chi connectivity index (χ0) is 15.8. The van der Waals surface area contributed by atoms with Crippen LogP contribution in [0.5, 0.6) is 5.75 Å². The summed E-state index contributed by atoms with van der Waals surface area (Å²) in [5.74, 6) is 2.22. The number of hydrogen-bond donors (Lipinski definition) is 0. The number of carbonyl (C=O) groups is 1. The Hall–Kier alpha value is -2.30. The Kier molecular flexibility index (Phi) is 3.56. The molecule has 0 atom stereocenters. The fourth-order valence-electron chi connectivity index (χ4n) is 3.31. The van der Waals surface area contributed by atoms with Crippen molar-refractivity contribution in [1.29, 1.82) is 0 Å². The zero-order valence-corrected chi connectivity index (χ0v) is 13.2. The summed E-state index contributed by atoms with van der Waals surface area (Å²) in [6.07, 6.45) is 3.99. The molecule has 1 aromatic heterocycles. The molecule has 2 heterocycles. The number of ether oxygens (including phenoxy) is 1. The first-order chi connectivity index (χ1) is 11.3. The number of aromatic nitrogens is 1. The lowest BCUT2D eigenvalue weighted by molar-refractivity contribution is -0.139. The van der Waals surface area contributed by atoms with Crippen molar-refractivity contribution in [2.75, 3.05) is 13.7 Å². The zero-order valence-electron chi connectivity index (χ0n) is 13.2.